The minimum atomic E-state index is -0.774. The average Bonchev–Trinajstić information content (AvgIpc) is 3.64. The number of rotatable bonds is 7. The molecule has 1 fully saturated rings. The van der Waals surface area contributed by atoms with Gasteiger partial charge in [0.15, 0.2) is 0 Å². The predicted octanol–water partition coefficient (Wildman–Crippen LogP) is 6.32. The van der Waals surface area contributed by atoms with Gasteiger partial charge in [-0.25, -0.2) is 9.48 Å². The number of anilines is 1. The van der Waals surface area contributed by atoms with Crippen molar-refractivity contribution in [2.24, 2.45) is 0 Å². The summed E-state index contributed by atoms with van der Waals surface area (Å²) in [5, 5.41) is 17.2. The van der Waals surface area contributed by atoms with Crippen LogP contribution in [-0.2, 0) is 14.9 Å². The number of aryl methyl sites for hydroxylation is 1. The summed E-state index contributed by atoms with van der Waals surface area (Å²) in [6, 6.07) is 18.4. The number of aliphatic carboxylic acids is 1. The molecule has 1 aliphatic rings. The zero-order valence-electron chi connectivity index (χ0n) is 20.3. The first kappa shape index (κ1) is 24.5. The van der Waals surface area contributed by atoms with Gasteiger partial charge in [-0.1, -0.05) is 54.1 Å². The highest BCUT2D eigenvalue weighted by Crippen LogP contribution is 2.48. The summed E-state index contributed by atoms with van der Waals surface area (Å²) >= 11 is 6.22. The number of hydrogen-bond acceptors (Lipinski definition) is 5. The van der Waals surface area contributed by atoms with Crippen LogP contribution in [0.15, 0.2) is 73.1 Å². The summed E-state index contributed by atoms with van der Waals surface area (Å²) in [6.45, 7) is 3.59. The summed E-state index contributed by atoms with van der Waals surface area (Å²) in [4.78, 5) is 28.8. The van der Waals surface area contributed by atoms with E-state index in [2.05, 4.69) is 15.4 Å². The van der Waals surface area contributed by atoms with Crippen LogP contribution >= 0.6 is 11.6 Å². The lowest BCUT2D eigenvalue weighted by Crippen LogP contribution is -2.19. The first-order valence-electron chi connectivity index (χ1n) is 11.9. The van der Waals surface area contributed by atoms with Crippen LogP contribution in [0.3, 0.4) is 0 Å². The molecule has 0 radical (unpaired) electrons. The molecule has 1 amide bonds. The molecule has 2 heterocycles. The van der Waals surface area contributed by atoms with Gasteiger partial charge in [-0.05, 0) is 50.5 Å². The first-order valence-corrected chi connectivity index (χ1v) is 12.2. The molecular formula is C28H25ClN4O4. The van der Waals surface area contributed by atoms with Crippen LogP contribution in [0.1, 0.15) is 42.6 Å². The third-order valence-electron chi connectivity index (χ3n) is 6.68. The minimum Gasteiger partial charge on any atom is -0.481 e. The molecule has 2 N–H and O–H groups in total. The van der Waals surface area contributed by atoms with Gasteiger partial charge in [-0.3, -0.25) is 15.1 Å². The monoisotopic (exact) mass is 516 g/mol. The van der Waals surface area contributed by atoms with E-state index in [1.807, 2.05) is 61.5 Å². The number of aromatic nitrogens is 3. The van der Waals surface area contributed by atoms with Crippen molar-refractivity contribution >= 4 is 29.5 Å². The molecule has 4 aromatic rings. The second kappa shape index (κ2) is 9.71. The van der Waals surface area contributed by atoms with E-state index >= 15 is 0 Å². The topological polar surface area (TPSA) is 106 Å². The molecule has 1 atom stereocenters. The Balaban J connectivity index is 1.30. The number of amides is 1. The molecular weight excluding hydrogens is 492 g/mol. The molecule has 0 spiro atoms. The fraction of sp³-hybridized carbons (Fsp3) is 0.214. The van der Waals surface area contributed by atoms with Crippen LogP contribution in [0.5, 0.6) is 0 Å². The maximum absolute atomic E-state index is 12.7. The Morgan fingerprint density at radius 1 is 1.08 bits per heavy atom. The molecule has 0 bridgehead atoms. The van der Waals surface area contributed by atoms with E-state index in [4.69, 9.17) is 16.3 Å². The lowest BCUT2D eigenvalue weighted by molar-refractivity contribution is -0.140. The summed E-state index contributed by atoms with van der Waals surface area (Å²) in [7, 11) is 0. The van der Waals surface area contributed by atoms with Gasteiger partial charge in [0.25, 0.3) is 0 Å². The van der Waals surface area contributed by atoms with Crippen molar-refractivity contribution in [1.82, 2.24) is 14.8 Å². The van der Waals surface area contributed by atoms with Crippen molar-refractivity contribution in [3.63, 3.8) is 0 Å². The lowest BCUT2D eigenvalue weighted by Gasteiger charge is -2.16. The Kier molecular flexibility index (Phi) is 6.43. The highest BCUT2D eigenvalue weighted by atomic mass is 35.5. The number of carbonyl (C=O) groups excluding carboxylic acids is 1. The van der Waals surface area contributed by atoms with Crippen molar-refractivity contribution in [3.05, 3.63) is 94.8 Å². The van der Waals surface area contributed by atoms with Gasteiger partial charge in [0.05, 0.1) is 29.2 Å². The number of nitrogens with zero attached hydrogens (tertiary/aromatic N) is 3. The number of pyridine rings is 1. The standard InChI is InChI=1S/C28H25ClN4O4/c1-17-15-31-33(25(17)32-27(36)37-18(2)22-5-3-4-6-23(22)29)21-11-12-24(30-16-21)19-7-9-20(10-8-19)28(13-14-28)26(34)35/h3-12,15-16,18H,13-14H2,1-2H3,(H,32,36)(H,34,35). The SMILES string of the molecule is Cc1cnn(-c2ccc(-c3ccc(C4(C(=O)O)CC4)cc3)nc2)c1NC(=O)OC(C)c1ccccc1Cl. The Labute approximate surface area is 218 Å². The van der Waals surface area contributed by atoms with Gasteiger partial charge >= 0.3 is 12.1 Å². The van der Waals surface area contributed by atoms with Crippen LogP contribution in [0.2, 0.25) is 5.02 Å². The predicted molar refractivity (Wildman–Crippen MR) is 140 cm³/mol. The smallest absolute Gasteiger partial charge is 0.413 e. The van der Waals surface area contributed by atoms with Crippen molar-refractivity contribution in [3.8, 4) is 16.9 Å². The number of carbonyl (C=O) groups is 2. The van der Waals surface area contributed by atoms with Crippen LogP contribution in [0.4, 0.5) is 10.6 Å². The molecule has 0 aliphatic heterocycles. The summed E-state index contributed by atoms with van der Waals surface area (Å²) < 4.78 is 7.12. The quantitative estimate of drug-likeness (QED) is 0.297. The molecule has 5 rings (SSSR count). The van der Waals surface area contributed by atoms with E-state index in [9.17, 15) is 14.7 Å². The second-order valence-electron chi connectivity index (χ2n) is 9.15. The van der Waals surface area contributed by atoms with Crippen LogP contribution < -0.4 is 5.32 Å². The van der Waals surface area contributed by atoms with Crippen LogP contribution in [-0.4, -0.2) is 31.9 Å². The molecule has 9 heteroatoms. The van der Waals surface area contributed by atoms with E-state index < -0.39 is 23.6 Å². The Morgan fingerprint density at radius 3 is 2.43 bits per heavy atom. The zero-order valence-corrected chi connectivity index (χ0v) is 21.1. The number of carboxylic acid groups (broad SMARTS) is 1. The second-order valence-corrected chi connectivity index (χ2v) is 9.56. The molecule has 1 unspecified atom stereocenters. The fourth-order valence-corrected chi connectivity index (χ4v) is 4.62. The fourth-order valence-electron chi connectivity index (χ4n) is 4.33. The van der Waals surface area contributed by atoms with Gasteiger partial charge in [0.2, 0.25) is 0 Å². The van der Waals surface area contributed by atoms with Gasteiger partial charge < -0.3 is 9.84 Å². The molecule has 0 saturated heterocycles. The Bertz CT molecular complexity index is 1460. The van der Waals surface area contributed by atoms with Crippen molar-refractivity contribution in [1.29, 1.82) is 0 Å². The maximum atomic E-state index is 12.7. The zero-order chi connectivity index (χ0) is 26.2. The molecule has 37 heavy (non-hydrogen) atoms. The lowest BCUT2D eigenvalue weighted by atomic mass is 9.95. The van der Waals surface area contributed by atoms with Crippen molar-refractivity contribution in [2.45, 2.75) is 38.2 Å². The van der Waals surface area contributed by atoms with Crippen LogP contribution in [0, 0.1) is 6.92 Å². The van der Waals surface area contributed by atoms with Crippen molar-refractivity contribution < 1.29 is 19.4 Å². The Morgan fingerprint density at radius 2 is 1.81 bits per heavy atom. The minimum absolute atomic E-state index is 0.471. The van der Waals surface area contributed by atoms with Crippen LogP contribution in [0.25, 0.3) is 16.9 Å². The van der Waals surface area contributed by atoms with Gasteiger partial charge in [0, 0.05) is 21.7 Å². The van der Waals surface area contributed by atoms with E-state index in [1.54, 1.807) is 30.1 Å². The van der Waals surface area contributed by atoms with E-state index in [0.717, 1.165) is 22.4 Å². The van der Waals surface area contributed by atoms with Gasteiger partial charge in [-0.15, -0.1) is 0 Å². The largest absolute Gasteiger partial charge is 0.481 e. The molecule has 1 saturated carbocycles. The summed E-state index contributed by atoms with van der Waals surface area (Å²) in [5.41, 5.74) is 3.83. The van der Waals surface area contributed by atoms with E-state index in [1.165, 1.54) is 0 Å². The molecule has 2 aromatic heterocycles. The molecule has 188 valence electrons. The summed E-state index contributed by atoms with van der Waals surface area (Å²) in [5.74, 6) is -0.303. The highest BCUT2D eigenvalue weighted by molar-refractivity contribution is 6.31. The number of halogens is 1. The number of hydrogen-bond donors (Lipinski definition) is 2. The number of carboxylic acids is 1. The average molecular weight is 517 g/mol. The Hall–Kier alpha value is -4.17. The summed E-state index contributed by atoms with van der Waals surface area (Å²) in [6.07, 6.45) is 3.48. The molecule has 8 nitrogen and oxygen atoms in total. The van der Waals surface area contributed by atoms with Gasteiger partial charge in [0.1, 0.15) is 11.9 Å². The third-order valence-corrected chi connectivity index (χ3v) is 7.03. The third kappa shape index (κ3) is 4.80. The molecule has 1 aliphatic carbocycles. The highest BCUT2D eigenvalue weighted by Gasteiger charge is 2.51. The number of benzene rings is 2. The van der Waals surface area contributed by atoms with Gasteiger partial charge in [-0.2, -0.15) is 5.10 Å². The van der Waals surface area contributed by atoms with Crippen molar-refractivity contribution in [2.75, 3.05) is 5.32 Å². The maximum Gasteiger partial charge on any atom is 0.413 e. The number of ether oxygens (including phenoxy) is 1. The number of nitrogens with one attached hydrogen (secondary N) is 1. The molecule has 2 aromatic carbocycles. The van der Waals surface area contributed by atoms with E-state index in [0.29, 0.717) is 34.9 Å². The van der Waals surface area contributed by atoms with E-state index in [-0.39, 0.29) is 0 Å². The first-order chi connectivity index (χ1) is 17.8. The normalized spacial score (nSPS) is 14.6.